The predicted octanol–water partition coefficient (Wildman–Crippen LogP) is -0.704. The Hall–Kier alpha value is -0.380. The lowest BCUT2D eigenvalue weighted by Gasteiger charge is -2.20. The summed E-state index contributed by atoms with van der Waals surface area (Å²) >= 11 is 0. The summed E-state index contributed by atoms with van der Waals surface area (Å²) in [7, 11) is 0. The lowest BCUT2D eigenvalue weighted by atomic mass is 10.1. The second kappa shape index (κ2) is 2.47. The van der Waals surface area contributed by atoms with Gasteiger partial charge in [-0.05, 0) is 6.08 Å². The van der Waals surface area contributed by atoms with E-state index in [1.54, 1.807) is 12.2 Å². The van der Waals surface area contributed by atoms with Gasteiger partial charge in [0.2, 0.25) is 0 Å². The van der Waals surface area contributed by atoms with Crippen LogP contribution in [-0.2, 0) is 4.74 Å². The van der Waals surface area contributed by atoms with Crippen LogP contribution in [0.5, 0.6) is 0 Å². The molecule has 0 amide bonds. The lowest BCUT2D eigenvalue weighted by Crippen LogP contribution is -2.35. The Morgan fingerprint density at radius 3 is 2.33 bits per heavy atom. The van der Waals surface area contributed by atoms with Crippen LogP contribution in [0.4, 0.5) is 0 Å². The van der Waals surface area contributed by atoms with Crippen LogP contribution >= 0.6 is 0 Å². The molecule has 0 spiro atoms. The summed E-state index contributed by atoms with van der Waals surface area (Å²) in [5, 5.41) is 17.4. The molecule has 52 valence electrons. The third-order valence-electron chi connectivity index (χ3n) is 1.42. The quantitative estimate of drug-likeness (QED) is 0.486. The van der Waals surface area contributed by atoms with Crippen molar-refractivity contribution < 1.29 is 14.9 Å². The molecule has 0 saturated carbocycles. The summed E-state index contributed by atoms with van der Waals surface area (Å²) in [4.78, 5) is 0. The van der Waals surface area contributed by atoms with Crippen molar-refractivity contribution in [2.24, 2.45) is 0 Å². The fourth-order valence-electron chi connectivity index (χ4n) is 0.772. The first-order chi connectivity index (χ1) is 4.33. The van der Waals surface area contributed by atoms with E-state index >= 15 is 0 Å². The molecule has 2 N–H and O–H groups in total. The fourth-order valence-corrected chi connectivity index (χ4v) is 0.772. The zero-order valence-electron chi connectivity index (χ0n) is 5.08. The van der Waals surface area contributed by atoms with Crippen LogP contribution in [0.2, 0.25) is 0 Å². The van der Waals surface area contributed by atoms with Crippen LogP contribution in [0, 0.1) is 0 Å². The van der Waals surface area contributed by atoms with Crippen LogP contribution < -0.4 is 0 Å². The Bertz CT molecular complexity index is 115. The summed E-state index contributed by atoms with van der Waals surface area (Å²) in [6, 6.07) is 0. The van der Waals surface area contributed by atoms with E-state index in [4.69, 9.17) is 14.9 Å². The molecule has 0 atom stereocenters. The largest absolute Gasteiger partial charge is 0.393 e. The van der Waals surface area contributed by atoms with Gasteiger partial charge < -0.3 is 14.9 Å². The van der Waals surface area contributed by atoms with E-state index in [2.05, 4.69) is 0 Å². The second-order valence-electron chi connectivity index (χ2n) is 2.09. The maximum atomic E-state index is 8.68. The van der Waals surface area contributed by atoms with Gasteiger partial charge in [-0.25, -0.2) is 0 Å². The molecule has 0 fully saturated rings. The molecule has 1 aliphatic rings. The maximum Gasteiger partial charge on any atom is 0.133 e. The highest BCUT2D eigenvalue weighted by molar-refractivity contribution is 5.07. The summed E-state index contributed by atoms with van der Waals surface area (Å²) in [6.45, 7) is 0.182. The van der Waals surface area contributed by atoms with Crippen LogP contribution in [0.3, 0.4) is 0 Å². The lowest BCUT2D eigenvalue weighted by molar-refractivity contribution is -0.0521. The van der Waals surface area contributed by atoms with Crippen molar-refractivity contribution in [2.75, 3.05) is 19.8 Å². The molecule has 9 heavy (non-hydrogen) atoms. The van der Waals surface area contributed by atoms with Crippen LogP contribution in [0.25, 0.3) is 0 Å². The zero-order chi connectivity index (χ0) is 6.74. The maximum absolute atomic E-state index is 8.68. The van der Waals surface area contributed by atoms with Gasteiger partial charge in [-0.15, -0.1) is 0 Å². The first-order valence-electron chi connectivity index (χ1n) is 2.86. The van der Waals surface area contributed by atoms with Gasteiger partial charge in [-0.3, -0.25) is 0 Å². The smallest absolute Gasteiger partial charge is 0.133 e. The fraction of sp³-hybridized carbons (Fsp3) is 0.667. The number of rotatable bonds is 2. The molecule has 0 radical (unpaired) electrons. The van der Waals surface area contributed by atoms with Gasteiger partial charge in [-0.1, -0.05) is 6.08 Å². The minimum atomic E-state index is -0.792. The normalized spacial score (nSPS) is 22.9. The van der Waals surface area contributed by atoms with E-state index in [9.17, 15) is 0 Å². The summed E-state index contributed by atoms with van der Waals surface area (Å²) in [6.07, 6.45) is 3.47. The van der Waals surface area contributed by atoms with Crippen molar-refractivity contribution in [2.45, 2.75) is 5.60 Å². The van der Waals surface area contributed by atoms with Crippen molar-refractivity contribution in [3.63, 3.8) is 0 Å². The number of aliphatic hydroxyl groups excluding tert-OH is 2. The number of ether oxygens (including phenoxy) is 1. The monoisotopic (exact) mass is 130 g/mol. The topological polar surface area (TPSA) is 49.7 Å². The standard InChI is InChI=1S/C6H10O3/c7-4-6(5-8)2-1-3-9-6/h1-2,7-8H,3-5H2. The van der Waals surface area contributed by atoms with Crippen molar-refractivity contribution >= 4 is 0 Å². The van der Waals surface area contributed by atoms with E-state index in [1.807, 2.05) is 0 Å². The average molecular weight is 130 g/mol. The highest BCUT2D eigenvalue weighted by atomic mass is 16.5. The van der Waals surface area contributed by atoms with Crippen molar-refractivity contribution in [3.8, 4) is 0 Å². The first kappa shape index (κ1) is 6.74. The SMILES string of the molecule is OCC1(CO)C=CCO1. The molecule has 3 nitrogen and oxygen atoms in total. The molecule has 0 aromatic rings. The van der Waals surface area contributed by atoms with Crippen LogP contribution in [0.15, 0.2) is 12.2 Å². The number of aliphatic hydroxyl groups is 2. The first-order valence-corrected chi connectivity index (χ1v) is 2.86. The molecule has 0 bridgehead atoms. The third kappa shape index (κ3) is 1.13. The van der Waals surface area contributed by atoms with Crippen molar-refractivity contribution in [1.29, 1.82) is 0 Å². The Kier molecular flexibility index (Phi) is 1.85. The molecular weight excluding hydrogens is 120 g/mol. The van der Waals surface area contributed by atoms with E-state index in [0.717, 1.165) is 0 Å². The molecule has 0 aromatic heterocycles. The Labute approximate surface area is 53.6 Å². The van der Waals surface area contributed by atoms with Crippen LogP contribution in [0.1, 0.15) is 0 Å². The molecule has 3 heteroatoms. The second-order valence-corrected chi connectivity index (χ2v) is 2.09. The van der Waals surface area contributed by atoms with E-state index < -0.39 is 5.60 Å². The minimum Gasteiger partial charge on any atom is -0.393 e. The molecule has 0 aliphatic carbocycles. The summed E-state index contributed by atoms with van der Waals surface area (Å²) in [5.74, 6) is 0. The van der Waals surface area contributed by atoms with E-state index in [1.165, 1.54) is 0 Å². The van der Waals surface area contributed by atoms with Gasteiger partial charge in [-0.2, -0.15) is 0 Å². The molecule has 1 rings (SSSR count). The van der Waals surface area contributed by atoms with Gasteiger partial charge >= 0.3 is 0 Å². The van der Waals surface area contributed by atoms with Gasteiger partial charge in [0.1, 0.15) is 5.60 Å². The molecule has 0 unspecified atom stereocenters. The Morgan fingerprint density at radius 1 is 1.44 bits per heavy atom. The van der Waals surface area contributed by atoms with E-state index in [-0.39, 0.29) is 13.2 Å². The van der Waals surface area contributed by atoms with Crippen molar-refractivity contribution in [3.05, 3.63) is 12.2 Å². The van der Waals surface area contributed by atoms with Crippen molar-refractivity contribution in [1.82, 2.24) is 0 Å². The summed E-state index contributed by atoms with van der Waals surface area (Å²) < 4.78 is 5.03. The minimum absolute atomic E-state index is 0.153. The molecular formula is C6H10O3. The van der Waals surface area contributed by atoms with Gasteiger partial charge in [0, 0.05) is 0 Å². The Balaban J connectivity index is 2.57. The molecule has 0 saturated heterocycles. The number of hydrogen-bond donors (Lipinski definition) is 2. The predicted molar refractivity (Wildman–Crippen MR) is 32.0 cm³/mol. The summed E-state index contributed by atoms with van der Waals surface area (Å²) in [5.41, 5.74) is -0.792. The highest BCUT2D eigenvalue weighted by Gasteiger charge is 2.28. The molecule has 1 aliphatic heterocycles. The highest BCUT2D eigenvalue weighted by Crippen LogP contribution is 2.16. The number of hydrogen-bond acceptors (Lipinski definition) is 3. The van der Waals surface area contributed by atoms with Crippen LogP contribution in [-0.4, -0.2) is 35.6 Å². The average Bonchev–Trinajstić information content (AvgIpc) is 2.36. The van der Waals surface area contributed by atoms with Gasteiger partial charge in [0.15, 0.2) is 0 Å². The zero-order valence-corrected chi connectivity index (χ0v) is 5.08. The Morgan fingerprint density at radius 2 is 2.11 bits per heavy atom. The van der Waals surface area contributed by atoms with Gasteiger partial charge in [0.05, 0.1) is 19.8 Å². The van der Waals surface area contributed by atoms with E-state index in [0.29, 0.717) is 6.61 Å². The van der Waals surface area contributed by atoms with Gasteiger partial charge in [0.25, 0.3) is 0 Å². The molecule has 1 heterocycles. The third-order valence-corrected chi connectivity index (χ3v) is 1.42. The molecule has 0 aromatic carbocycles.